The van der Waals surface area contributed by atoms with Crippen LogP contribution in [0.1, 0.15) is 12.0 Å². The van der Waals surface area contributed by atoms with Crippen LogP contribution in [0.5, 0.6) is 17.2 Å². The van der Waals surface area contributed by atoms with Crippen LogP contribution < -0.4 is 19.5 Å². The third kappa shape index (κ3) is 5.46. The lowest BCUT2D eigenvalue weighted by Crippen LogP contribution is -2.33. The predicted octanol–water partition coefficient (Wildman–Crippen LogP) is 3.61. The number of benzene rings is 2. The van der Waals surface area contributed by atoms with Crippen LogP contribution in [0.3, 0.4) is 0 Å². The molecule has 0 saturated carbocycles. The molecule has 0 bridgehead atoms. The quantitative estimate of drug-likeness (QED) is 0.484. The number of hydrogen-bond acceptors (Lipinski definition) is 6. The van der Waals surface area contributed by atoms with Crippen molar-refractivity contribution in [2.24, 2.45) is 5.92 Å². The van der Waals surface area contributed by atoms with Crippen molar-refractivity contribution in [1.82, 2.24) is 15.1 Å². The van der Waals surface area contributed by atoms with Crippen LogP contribution in [-0.4, -0.2) is 62.0 Å². The number of anilines is 1. The van der Waals surface area contributed by atoms with Gasteiger partial charge in [-0.2, -0.15) is 5.10 Å². The lowest BCUT2D eigenvalue weighted by Gasteiger charge is -2.26. The van der Waals surface area contributed by atoms with Gasteiger partial charge in [0.1, 0.15) is 23.9 Å². The Hall–Kier alpha value is -3.52. The Labute approximate surface area is 193 Å². The Morgan fingerprint density at radius 3 is 2.88 bits per heavy atom. The summed E-state index contributed by atoms with van der Waals surface area (Å²) in [5.41, 5.74) is 3.48. The van der Waals surface area contributed by atoms with Crippen molar-refractivity contribution in [2.45, 2.75) is 12.8 Å². The van der Waals surface area contributed by atoms with E-state index in [0.29, 0.717) is 31.1 Å². The number of aromatic nitrogens is 2. The number of nitrogens with one attached hydrogen (secondary N) is 2. The zero-order valence-corrected chi connectivity index (χ0v) is 19.3. The number of nitrogens with zero attached hydrogens (tertiary/aromatic N) is 2. The molecule has 3 aromatic rings. The van der Waals surface area contributed by atoms with Crippen molar-refractivity contribution in [3.8, 4) is 28.4 Å². The number of fused-ring (bicyclic) bond motifs is 1. The van der Waals surface area contributed by atoms with Gasteiger partial charge in [-0.05, 0) is 56.8 Å². The van der Waals surface area contributed by atoms with Crippen LogP contribution in [0.2, 0.25) is 0 Å². The minimum absolute atomic E-state index is 0.110. The molecule has 174 valence electrons. The number of ether oxygens (including phenoxy) is 3. The lowest BCUT2D eigenvalue weighted by atomic mass is 9.95. The summed E-state index contributed by atoms with van der Waals surface area (Å²) < 4.78 is 17.4. The van der Waals surface area contributed by atoms with E-state index in [2.05, 4.69) is 20.4 Å². The fraction of sp³-hybridized carbons (Fsp3) is 0.360. The highest BCUT2D eigenvalue weighted by atomic mass is 16.5. The van der Waals surface area contributed by atoms with Gasteiger partial charge in [-0.25, -0.2) is 0 Å². The van der Waals surface area contributed by atoms with E-state index < -0.39 is 0 Å². The van der Waals surface area contributed by atoms with Crippen LogP contribution in [0.25, 0.3) is 11.1 Å². The summed E-state index contributed by atoms with van der Waals surface area (Å²) >= 11 is 0. The summed E-state index contributed by atoms with van der Waals surface area (Å²) in [5, 5.41) is 9.90. The first kappa shape index (κ1) is 22.7. The Balaban J connectivity index is 1.50. The van der Waals surface area contributed by atoms with E-state index in [1.807, 2.05) is 56.7 Å². The van der Waals surface area contributed by atoms with Crippen LogP contribution in [-0.2, 0) is 11.2 Å². The van der Waals surface area contributed by atoms with Gasteiger partial charge in [0.2, 0.25) is 5.91 Å². The minimum Gasteiger partial charge on any atom is -0.496 e. The summed E-state index contributed by atoms with van der Waals surface area (Å²) in [6, 6.07) is 11.4. The van der Waals surface area contributed by atoms with Gasteiger partial charge < -0.3 is 24.4 Å². The number of rotatable bonds is 9. The largest absolute Gasteiger partial charge is 0.496 e. The molecule has 2 aromatic carbocycles. The molecule has 0 radical (unpaired) electrons. The van der Waals surface area contributed by atoms with Gasteiger partial charge in [0, 0.05) is 23.9 Å². The van der Waals surface area contributed by atoms with Gasteiger partial charge in [-0.1, -0.05) is 12.1 Å². The summed E-state index contributed by atoms with van der Waals surface area (Å²) in [6.45, 7) is 1.79. The molecule has 0 spiro atoms. The maximum absolute atomic E-state index is 13.2. The standard InChI is InChI=1S/C25H30N4O4/c1-29(2)10-5-11-32-24-13-17(19-14-26-27-15-19)8-9-21(24)28-25(30)18-12-20-22(31-3)6-4-7-23(20)33-16-18/h4,6-9,13-15,18H,5,10-12,16H2,1-3H3,(H,26,27)(H,28,30). The summed E-state index contributed by atoms with van der Waals surface area (Å²) in [5.74, 6) is 1.70. The van der Waals surface area contributed by atoms with Crippen molar-refractivity contribution >= 4 is 11.6 Å². The molecule has 0 saturated heterocycles. The monoisotopic (exact) mass is 450 g/mol. The van der Waals surface area contributed by atoms with Gasteiger partial charge >= 0.3 is 0 Å². The first-order valence-electron chi connectivity index (χ1n) is 11.1. The molecule has 8 nitrogen and oxygen atoms in total. The molecule has 2 N–H and O–H groups in total. The topological polar surface area (TPSA) is 88.7 Å². The number of hydrogen-bond donors (Lipinski definition) is 2. The molecular formula is C25H30N4O4. The Morgan fingerprint density at radius 1 is 1.24 bits per heavy atom. The molecule has 8 heteroatoms. The normalized spacial score (nSPS) is 15.0. The molecule has 0 aliphatic carbocycles. The number of H-pyrrole nitrogens is 1. The van der Waals surface area contributed by atoms with E-state index in [1.165, 1.54) is 0 Å². The van der Waals surface area contributed by atoms with E-state index in [1.54, 1.807) is 13.3 Å². The average molecular weight is 451 g/mol. The molecule has 2 heterocycles. The van der Waals surface area contributed by atoms with Gasteiger partial charge in [0.15, 0.2) is 0 Å². The second kappa shape index (κ2) is 10.4. The molecule has 33 heavy (non-hydrogen) atoms. The predicted molar refractivity (Wildman–Crippen MR) is 127 cm³/mol. The molecule has 1 amide bonds. The van der Waals surface area contributed by atoms with Crippen LogP contribution in [0, 0.1) is 5.92 Å². The number of carbonyl (C=O) groups excluding carboxylic acids is 1. The van der Waals surface area contributed by atoms with Crippen molar-refractivity contribution in [2.75, 3.05) is 46.3 Å². The van der Waals surface area contributed by atoms with E-state index in [9.17, 15) is 4.79 Å². The fourth-order valence-corrected chi connectivity index (χ4v) is 3.87. The third-order valence-electron chi connectivity index (χ3n) is 5.65. The molecule has 1 unspecified atom stereocenters. The molecule has 0 fully saturated rings. The Bertz CT molecular complexity index is 1070. The SMILES string of the molecule is COc1cccc2c1CC(C(=O)Nc1ccc(-c3cn[nH]c3)cc1OCCCN(C)C)CO2. The zero-order chi connectivity index (χ0) is 23.2. The zero-order valence-electron chi connectivity index (χ0n) is 19.3. The van der Waals surface area contributed by atoms with Gasteiger partial charge in [-0.15, -0.1) is 0 Å². The third-order valence-corrected chi connectivity index (χ3v) is 5.65. The smallest absolute Gasteiger partial charge is 0.231 e. The van der Waals surface area contributed by atoms with Crippen LogP contribution in [0.15, 0.2) is 48.8 Å². The average Bonchev–Trinajstić information content (AvgIpc) is 3.36. The number of amides is 1. The van der Waals surface area contributed by atoms with Gasteiger partial charge in [0.25, 0.3) is 0 Å². The minimum atomic E-state index is -0.330. The van der Waals surface area contributed by atoms with Crippen molar-refractivity contribution < 1.29 is 19.0 Å². The number of carbonyl (C=O) groups is 1. The molecule has 1 aliphatic rings. The van der Waals surface area contributed by atoms with Crippen molar-refractivity contribution in [3.63, 3.8) is 0 Å². The van der Waals surface area contributed by atoms with E-state index in [4.69, 9.17) is 14.2 Å². The maximum Gasteiger partial charge on any atom is 0.231 e. The highest BCUT2D eigenvalue weighted by Gasteiger charge is 2.28. The molecular weight excluding hydrogens is 420 g/mol. The van der Waals surface area contributed by atoms with Crippen molar-refractivity contribution in [1.29, 1.82) is 0 Å². The van der Waals surface area contributed by atoms with E-state index >= 15 is 0 Å². The van der Waals surface area contributed by atoms with Crippen molar-refractivity contribution in [3.05, 3.63) is 54.4 Å². The second-order valence-electron chi connectivity index (χ2n) is 8.34. The lowest BCUT2D eigenvalue weighted by molar-refractivity contribution is -0.121. The van der Waals surface area contributed by atoms with E-state index in [0.717, 1.165) is 41.2 Å². The van der Waals surface area contributed by atoms with Gasteiger partial charge in [0.05, 0.1) is 31.5 Å². The molecule has 1 aromatic heterocycles. The molecule has 1 atom stereocenters. The highest BCUT2D eigenvalue weighted by molar-refractivity contribution is 5.95. The van der Waals surface area contributed by atoms with Crippen LogP contribution in [0.4, 0.5) is 5.69 Å². The highest BCUT2D eigenvalue weighted by Crippen LogP contribution is 2.36. The molecule has 1 aliphatic heterocycles. The summed E-state index contributed by atoms with van der Waals surface area (Å²) in [4.78, 5) is 15.3. The van der Waals surface area contributed by atoms with E-state index in [-0.39, 0.29) is 11.8 Å². The fourth-order valence-electron chi connectivity index (χ4n) is 3.87. The summed E-state index contributed by atoms with van der Waals surface area (Å²) in [6.07, 6.45) is 5.02. The first-order valence-corrected chi connectivity index (χ1v) is 11.1. The first-order chi connectivity index (χ1) is 16.0. The number of aromatic amines is 1. The maximum atomic E-state index is 13.2. The van der Waals surface area contributed by atoms with Gasteiger partial charge in [-0.3, -0.25) is 9.89 Å². The van der Waals surface area contributed by atoms with Crippen LogP contribution >= 0.6 is 0 Å². The second-order valence-corrected chi connectivity index (χ2v) is 8.34. The Morgan fingerprint density at radius 2 is 2.12 bits per heavy atom. The summed E-state index contributed by atoms with van der Waals surface area (Å²) in [7, 11) is 5.69. The molecule has 4 rings (SSSR count). The number of methoxy groups -OCH3 is 1. The Kier molecular flexibility index (Phi) is 7.14.